The summed E-state index contributed by atoms with van der Waals surface area (Å²) in [6.45, 7) is 5.61. The van der Waals surface area contributed by atoms with Crippen LogP contribution in [0.25, 0.3) is 11.3 Å². The zero-order valence-corrected chi connectivity index (χ0v) is 14.5. The van der Waals surface area contributed by atoms with Crippen molar-refractivity contribution in [1.82, 2.24) is 4.98 Å². The van der Waals surface area contributed by atoms with Crippen molar-refractivity contribution in [3.8, 4) is 11.3 Å². The monoisotopic (exact) mass is 322 g/mol. The van der Waals surface area contributed by atoms with E-state index in [0.717, 1.165) is 17.0 Å². The van der Waals surface area contributed by atoms with Crippen LogP contribution in [-0.4, -0.2) is 15.9 Å². The summed E-state index contributed by atoms with van der Waals surface area (Å²) in [5.74, 6) is 0.0201. The van der Waals surface area contributed by atoms with Crippen LogP contribution in [-0.2, 0) is 11.2 Å². The maximum absolute atomic E-state index is 11.9. The third kappa shape index (κ3) is 5.34. The molecule has 0 fully saturated rings. The summed E-state index contributed by atoms with van der Waals surface area (Å²) in [6.07, 6.45) is 4.13. The third-order valence-electron chi connectivity index (χ3n) is 3.64. The second-order valence-corrected chi connectivity index (χ2v) is 6.82. The number of carbonyl (C=O) groups is 1. The summed E-state index contributed by atoms with van der Waals surface area (Å²) < 4.78 is 0. The number of benzene rings is 1. The van der Waals surface area contributed by atoms with Gasteiger partial charge in [0.1, 0.15) is 5.76 Å². The molecule has 3 heteroatoms. The molecule has 0 atom stereocenters. The molecule has 1 heterocycles. The van der Waals surface area contributed by atoms with E-state index in [1.165, 1.54) is 6.08 Å². The van der Waals surface area contributed by atoms with E-state index >= 15 is 0 Å². The van der Waals surface area contributed by atoms with Crippen molar-refractivity contribution in [2.75, 3.05) is 0 Å². The largest absolute Gasteiger partial charge is 0.512 e. The van der Waals surface area contributed by atoms with Gasteiger partial charge >= 0.3 is 0 Å². The summed E-state index contributed by atoms with van der Waals surface area (Å²) in [4.78, 5) is 16.5. The maximum Gasteiger partial charge on any atom is 0.159 e. The lowest BCUT2D eigenvalue weighted by molar-refractivity contribution is -0.114. The summed E-state index contributed by atoms with van der Waals surface area (Å²) in [6, 6.07) is 15.9. The Morgan fingerprint density at radius 1 is 1.08 bits per heavy atom. The first kappa shape index (κ1) is 17.9. The lowest BCUT2D eigenvalue weighted by atomic mass is 9.93. The Bertz CT molecular complexity index is 712. The average Bonchev–Trinajstić information content (AvgIpc) is 2.55. The number of aromatic nitrogens is 1. The van der Waals surface area contributed by atoms with Crippen molar-refractivity contribution in [1.29, 1.82) is 0 Å². The number of hydrogen-bond donors (Lipinski definition) is 1. The summed E-state index contributed by atoms with van der Waals surface area (Å²) in [7, 11) is 0. The van der Waals surface area contributed by atoms with Crippen LogP contribution in [0.3, 0.4) is 0 Å². The minimum atomic E-state index is -0.402. The molecule has 0 aliphatic carbocycles. The second-order valence-electron chi connectivity index (χ2n) is 6.82. The van der Waals surface area contributed by atoms with Crippen molar-refractivity contribution in [3.05, 3.63) is 72.5 Å². The van der Waals surface area contributed by atoms with E-state index in [1.807, 2.05) is 75.7 Å². The van der Waals surface area contributed by atoms with Gasteiger partial charge in [-0.1, -0.05) is 57.2 Å². The molecule has 1 aromatic carbocycles. The fourth-order valence-corrected chi connectivity index (χ4v) is 2.15. The zero-order valence-electron chi connectivity index (χ0n) is 14.5. The maximum atomic E-state index is 11.9. The van der Waals surface area contributed by atoms with Gasteiger partial charge in [-0.2, -0.15) is 0 Å². The van der Waals surface area contributed by atoms with E-state index in [4.69, 9.17) is 0 Å². The molecule has 1 aromatic heterocycles. The van der Waals surface area contributed by atoms with Gasteiger partial charge in [-0.15, -0.1) is 0 Å². The number of allylic oxidation sites excluding steroid dienone is 2. The molecule has 0 unspecified atom stereocenters. The Kier molecular flexibility index (Phi) is 5.91. The van der Waals surface area contributed by atoms with Crippen LogP contribution in [0.1, 0.15) is 32.9 Å². The van der Waals surface area contributed by atoms with Gasteiger partial charge in [0.2, 0.25) is 0 Å². The molecule has 0 saturated heterocycles. The Morgan fingerprint density at radius 3 is 2.46 bits per heavy atom. The summed E-state index contributed by atoms with van der Waals surface area (Å²) >= 11 is 0. The van der Waals surface area contributed by atoms with Gasteiger partial charge in [-0.25, -0.2) is 0 Å². The fourth-order valence-electron chi connectivity index (χ4n) is 2.15. The predicted octanol–water partition coefficient (Wildman–Crippen LogP) is 4.94. The Labute approximate surface area is 144 Å². The highest BCUT2D eigenvalue weighted by atomic mass is 16.3. The van der Waals surface area contributed by atoms with Gasteiger partial charge in [-0.05, 0) is 25.0 Å². The first-order valence-electron chi connectivity index (χ1n) is 8.13. The molecule has 0 saturated carbocycles. The van der Waals surface area contributed by atoms with E-state index in [-0.39, 0.29) is 18.0 Å². The summed E-state index contributed by atoms with van der Waals surface area (Å²) in [5, 5.41) is 9.85. The van der Waals surface area contributed by atoms with E-state index in [2.05, 4.69) is 4.98 Å². The minimum absolute atomic E-state index is 0.0957. The predicted molar refractivity (Wildman–Crippen MR) is 97.5 cm³/mol. The Hall–Kier alpha value is -2.42. The Morgan fingerprint density at radius 2 is 1.79 bits per heavy atom. The van der Waals surface area contributed by atoms with Gasteiger partial charge in [0.05, 0.1) is 5.69 Å². The number of rotatable bonds is 6. The second kappa shape index (κ2) is 7.91. The van der Waals surface area contributed by atoms with Crippen molar-refractivity contribution in [3.63, 3.8) is 0 Å². The van der Waals surface area contributed by atoms with Gasteiger partial charge < -0.3 is 5.11 Å². The molecule has 3 nitrogen and oxygen atoms in total. The SMILES string of the molecule is CC(C)(C)C(O)=CC(=O)C[CH]Cc1cccc(-c2ccccc2)n1. The molecule has 0 spiro atoms. The fraction of sp³-hybridized carbons (Fsp3) is 0.286. The number of hydrogen-bond acceptors (Lipinski definition) is 3. The van der Waals surface area contributed by atoms with Gasteiger partial charge in [0.25, 0.3) is 0 Å². The van der Waals surface area contributed by atoms with Gasteiger partial charge in [0, 0.05) is 29.2 Å². The highest BCUT2D eigenvalue weighted by Crippen LogP contribution is 2.22. The standard InChI is InChI=1S/C21H24NO2/c1-21(2,3)20(24)15-18(23)13-7-11-17-12-8-14-19(22-17)16-9-5-4-6-10-16/h4-10,12,14-15,24H,11,13H2,1-3H3. The van der Waals surface area contributed by atoms with Crippen molar-refractivity contribution >= 4 is 5.78 Å². The van der Waals surface area contributed by atoms with Gasteiger partial charge in [0.15, 0.2) is 5.78 Å². The number of nitrogens with zero attached hydrogens (tertiary/aromatic N) is 1. The molecule has 125 valence electrons. The normalized spacial score (nSPS) is 12.2. The van der Waals surface area contributed by atoms with Gasteiger partial charge in [-0.3, -0.25) is 9.78 Å². The number of pyridine rings is 1. The molecule has 0 amide bonds. The van der Waals surface area contributed by atoms with Crippen molar-refractivity contribution in [2.24, 2.45) is 5.41 Å². The molecule has 2 aromatic rings. The molecular formula is C21H24NO2. The first-order valence-corrected chi connectivity index (χ1v) is 8.13. The highest BCUT2D eigenvalue weighted by Gasteiger charge is 2.17. The first-order chi connectivity index (χ1) is 11.4. The molecule has 0 aliphatic heterocycles. The summed E-state index contributed by atoms with van der Waals surface area (Å²) in [5.41, 5.74) is 2.53. The molecular weight excluding hydrogens is 298 g/mol. The lowest BCUT2D eigenvalue weighted by Crippen LogP contribution is -2.11. The van der Waals surface area contributed by atoms with Crippen LogP contribution in [0.4, 0.5) is 0 Å². The van der Waals surface area contributed by atoms with Crippen molar-refractivity contribution < 1.29 is 9.90 Å². The molecule has 0 bridgehead atoms. The molecule has 1 N–H and O–H groups in total. The smallest absolute Gasteiger partial charge is 0.159 e. The number of ketones is 1. The van der Waals surface area contributed by atoms with Crippen LogP contribution in [0.5, 0.6) is 0 Å². The average molecular weight is 322 g/mol. The van der Waals surface area contributed by atoms with Crippen LogP contribution < -0.4 is 0 Å². The Balaban J connectivity index is 1.93. The molecule has 1 radical (unpaired) electrons. The van der Waals surface area contributed by atoms with Crippen LogP contribution in [0.2, 0.25) is 0 Å². The van der Waals surface area contributed by atoms with Crippen LogP contribution in [0, 0.1) is 11.8 Å². The highest BCUT2D eigenvalue weighted by molar-refractivity contribution is 5.90. The molecule has 2 rings (SSSR count). The third-order valence-corrected chi connectivity index (χ3v) is 3.64. The van der Waals surface area contributed by atoms with E-state index in [0.29, 0.717) is 6.42 Å². The minimum Gasteiger partial charge on any atom is -0.512 e. The lowest BCUT2D eigenvalue weighted by Gasteiger charge is -2.16. The van der Waals surface area contributed by atoms with E-state index in [9.17, 15) is 9.90 Å². The quantitative estimate of drug-likeness (QED) is 0.605. The molecule has 0 aliphatic rings. The van der Waals surface area contributed by atoms with E-state index < -0.39 is 5.41 Å². The number of carbonyl (C=O) groups excluding carboxylic acids is 1. The van der Waals surface area contributed by atoms with E-state index in [1.54, 1.807) is 0 Å². The van der Waals surface area contributed by atoms with Crippen molar-refractivity contribution in [2.45, 2.75) is 33.6 Å². The zero-order chi connectivity index (χ0) is 17.6. The van der Waals surface area contributed by atoms with Crippen LogP contribution in [0.15, 0.2) is 60.4 Å². The molecule has 24 heavy (non-hydrogen) atoms. The number of aliphatic hydroxyl groups is 1. The van der Waals surface area contributed by atoms with Crippen LogP contribution >= 0.6 is 0 Å². The number of aliphatic hydroxyl groups excluding tert-OH is 1. The topological polar surface area (TPSA) is 50.2 Å².